The minimum absolute atomic E-state index is 0.642. The highest BCUT2D eigenvalue weighted by Crippen LogP contribution is 2.24. The summed E-state index contributed by atoms with van der Waals surface area (Å²) in [5.74, 6) is 0. The van der Waals surface area contributed by atoms with Crippen LogP contribution in [0.1, 0.15) is 25.3 Å². The maximum absolute atomic E-state index is 6.30. The molecule has 1 N–H and O–H groups in total. The summed E-state index contributed by atoms with van der Waals surface area (Å²) in [4.78, 5) is 2.55. The van der Waals surface area contributed by atoms with Crippen molar-refractivity contribution in [3.05, 3.63) is 33.3 Å². The van der Waals surface area contributed by atoms with Crippen LogP contribution >= 0.6 is 27.5 Å². The molecule has 1 heterocycles. The van der Waals surface area contributed by atoms with Gasteiger partial charge in [-0.2, -0.15) is 0 Å². The molecule has 0 aromatic heterocycles. The molecule has 2 nitrogen and oxygen atoms in total. The van der Waals surface area contributed by atoms with E-state index < -0.39 is 0 Å². The number of piperazine rings is 1. The van der Waals surface area contributed by atoms with Gasteiger partial charge in [0.15, 0.2) is 0 Å². The average molecular weight is 332 g/mol. The molecule has 0 spiro atoms. The van der Waals surface area contributed by atoms with E-state index in [1.807, 2.05) is 6.07 Å². The number of benzene rings is 1. The Bertz CT molecular complexity index is 395. The van der Waals surface area contributed by atoms with Crippen LogP contribution in [0.15, 0.2) is 22.7 Å². The fraction of sp³-hybridized carbons (Fsp3) is 0.571. The van der Waals surface area contributed by atoms with Gasteiger partial charge in [0.2, 0.25) is 0 Å². The molecule has 1 atom stereocenters. The van der Waals surface area contributed by atoms with Crippen LogP contribution in [-0.4, -0.2) is 30.6 Å². The molecular formula is C14H20BrClN2. The minimum atomic E-state index is 0.642. The Morgan fingerprint density at radius 1 is 1.50 bits per heavy atom. The van der Waals surface area contributed by atoms with Crippen LogP contribution in [0.3, 0.4) is 0 Å². The molecular weight excluding hydrogens is 312 g/mol. The molecule has 0 saturated carbocycles. The highest BCUT2D eigenvalue weighted by atomic mass is 79.9. The van der Waals surface area contributed by atoms with E-state index in [0.717, 1.165) is 35.7 Å². The Morgan fingerprint density at radius 3 is 3.06 bits per heavy atom. The maximum atomic E-state index is 6.30. The zero-order chi connectivity index (χ0) is 13.0. The Labute approximate surface area is 123 Å². The van der Waals surface area contributed by atoms with E-state index >= 15 is 0 Å². The normalized spacial score (nSPS) is 21.2. The summed E-state index contributed by atoms with van der Waals surface area (Å²) in [7, 11) is 0. The SMILES string of the molecule is CCCC1CNCCN1Cc1ccc(Br)cc1Cl. The lowest BCUT2D eigenvalue weighted by atomic mass is 10.1. The third kappa shape index (κ3) is 3.70. The van der Waals surface area contributed by atoms with Crippen molar-refractivity contribution in [3.63, 3.8) is 0 Å². The summed E-state index contributed by atoms with van der Waals surface area (Å²) in [5, 5.41) is 4.34. The molecule has 0 radical (unpaired) electrons. The Morgan fingerprint density at radius 2 is 2.33 bits per heavy atom. The molecule has 0 amide bonds. The highest BCUT2D eigenvalue weighted by Gasteiger charge is 2.21. The van der Waals surface area contributed by atoms with Gasteiger partial charge in [-0.05, 0) is 24.1 Å². The van der Waals surface area contributed by atoms with E-state index in [2.05, 4.69) is 45.2 Å². The van der Waals surface area contributed by atoms with Gasteiger partial charge in [0.25, 0.3) is 0 Å². The van der Waals surface area contributed by atoms with Gasteiger partial charge in [-0.1, -0.05) is 46.9 Å². The summed E-state index contributed by atoms with van der Waals surface area (Å²) in [6.45, 7) is 6.49. The van der Waals surface area contributed by atoms with Crippen LogP contribution in [0.4, 0.5) is 0 Å². The summed E-state index contributed by atoms with van der Waals surface area (Å²) in [5.41, 5.74) is 1.22. The van der Waals surface area contributed by atoms with Crippen LogP contribution in [0.5, 0.6) is 0 Å². The fourth-order valence-electron chi connectivity index (χ4n) is 2.50. The Balaban J connectivity index is 2.06. The van der Waals surface area contributed by atoms with E-state index in [1.54, 1.807) is 0 Å². The van der Waals surface area contributed by atoms with Crippen molar-refractivity contribution in [2.45, 2.75) is 32.4 Å². The van der Waals surface area contributed by atoms with E-state index in [0.29, 0.717) is 6.04 Å². The molecule has 18 heavy (non-hydrogen) atoms. The molecule has 1 aromatic carbocycles. The first-order valence-corrected chi connectivity index (χ1v) is 7.76. The zero-order valence-electron chi connectivity index (χ0n) is 10.8. The van der Waals surface area contributed by atoms with Crippen molar-refractivity contribution in [1.29, 1.82) is 0 Å². The third-order valence-electron chi connectivity index (χ3n) is 3.48. The van der Waals surface area contributed by atoms with Gasteiger partial charge < -0.3 is 5.32 Å². The first kappa shape index (κ1) is 14.3. The van der Waals surface area contributed by atoms with Crippen molar-refractivity contribution < 1.29 is 0 Å². The smallest absolute Gasteiger partial charge is 0.0462 e. The summed E-state index contributed by atoms with van der Waals surface area (Å²) < 4.78 is 1.04. The van der Waals surface area contributed by atoms with Gasteiger partial charge in [0, 0.05) is 41.7 Å². The third-order valence-corrected chi connectivity index (χ3v) is 4.33. The maximum Gasteiger partial charge on any atom is 0.0462 e. The van der Waals surface area contributed by atoms with Gasteiger partial charge >= 0.3 is 0 Å². The molecule has 0 aliphatic carbocycles. The second kappa shape index (κ2) is 6.90. The highest BCUT2D eigenvalue weighted by molar-refractivity contribution is 9.10. The fourth-order valence-corrected chi connectivity index (χ4v) is 3.23. The molecule has 2 rings (SSSR count). The number of hydrogen-bond acceptors (Lipinski definition) is 2. The van der Waals surface area contributed by atoms with Crippen LogP contribution in [0.2, 0.25) is 5.02 Å². The number of halogens is 2. The predicted molar refractivity (Wildman–Crippen MR) is 81.1 cm³/mol. The molecule has 1 saturated heterocycles. The number of nitrogens with one attached hydrogen (secondary N) is 1. The van der Waals surface area contributed by atoms with Crippen LogP contribution in [0.25, 0.3) is 0 Å². The standard InChI is InChI=1S/C14H20BrClN2/c1-2-3-13-9-17-6-7-18(13)10-11-4-5-12(15)8-14(11)16/h4-5,8,13,17H,2-3,6-7,9-10H2,1H3. The van der Waals surface area contributed by atoms with Gasteiger partial charge in [-0.25, -0.2) is 0 Å². The summed E-state index contributed by atoms with van der Waals surface area (Å²) in [6.07, 6.45) is 2.48. The second-order valence-electron chi connectivity index (χ2n) is 4.85. The van der Waals surface area contributed by atoms with Crippen molar-refractivity contribution in [1.82, 2.24) is 10.2 Å². The molecule has 1 aliphatic heterocycles. The molecule has 1 fully saturated rings. The Kier molecular flexibility index (Phi) is 5.49. The first-order chi connectivity index (χ1) is 8.70. The lowest BCUT2D eigenvalue weighted by molar-refractivity contribution is 0.144. The van der Waals surface area contributed by atoms with Crippen LogP contribution < -0.4 is 5.32 Å². The van der Waals surface area contributed by atoms with Crippen LogP contribution in [-0.2, 0) is 6.54 Å². The lowest BCUT2D eigenvalue weighted by Crippen LogP contribution is -2.50. The molecule has 1 aliphatic rings. The Hall–Kier alpha value is -0.0900. The summed E-state index contributed by atoms with van der Waals surface area (Å²) >= 11 is 9.75. The molecule has 1 unspecified atom stereocenters. The molecule has 100 valence electrons. The molecule has 1 aromatic rings. The molecule has 4 heteroatoms. The van der Waals surface area contributed by atoms with E-state index in [9.17, 15) is 0 Å². The predicted octanol–water partition coefficient (Wildman–Crippen LogP) is 3.68. The van der Waals surface area contributed by atoms with E-state index in [4.69, 9.17) is 11.6 Å². The lowest BCUT2D eigenvalue weighted by Gasteiger charge is -2.36. The van der Waals surface area contributed by atoms with Crippen molar-refractivity contribution in [3.8, 4) is 0 Å². The first-order valence-electron chi connectivity index (χ1n) is 6.59. The number of hydrogen-bond donors (Lipinski definition) is 1. The molecule has 0 bridgehead atoms. The van der Waals surface area contributed by atoms with E-state index in [1.165, 1.54) is 18.4 Å². The number of nitrogens with zero attached hydrogens (tertiary/aromatic N) is 1. The summed E-state index contributed by atoms with van der Waals surface area (Å²) in [6, 6.07) is 6.81. The average Bonchev–Trinajstić information content (AvgIpc) is 2.35. The topological polar surface area (TPSA) is 15.3 Å². The van der Waals surface area contributed by atoms with Crippen molar-refractivity contribution in [2.75, 3.05) is 19.6 Å². The second-order valence-corrected chi connectivity index (χ2v) is 6.18. The van der Waals surface area contributed by atoms with Crippen molar-refractivity contribution in [2.24, 2.45) is 0 Å². The zero-order valence-corrected chi connectivity index (χ0v) is 13.1. The van der Waals surface area contributed by atoms with Gasteiger partial charge in [0.05, 0.1) is 0 Å². The van der Waals surface area contributed by atoms with Crippen LogP contribution in [0, 0.1) is 0 Å². The minimum Gasteiger partial charge on any atom is -0.314 e. The number of rotatable bonds is 4. The van der Waals surface area contributed by atoms with Gasteiger partial charge in [-0.15, -0.1) is 0 Å². The monoisotopic (exact) mass is 330 g/mol. The largest absolute Gasteiger partial charge is 0.314 e. The van der Waals surface area contributed by atoms with Gasteiger partial charge in [0.1, 0.15) is 0 Å². The van der Waals surface area contributed by atoms with Crippen molar-refractivity contribution >= 4 is 27.5 Å². The van der Waals surface area contributed by atoms with Gasteiger partial charge in [-0.3, -0.25) is 4.90 Å². The van der Waals surface area contributed by atoms with E-state index in [-0.39, 0.29) is 0 Å². The quantitative estimate of drug-likeness (QED) is 0.905.